The van der Waals surface area contributed by atoms with Gasteiger partial charge in [-0.05, 0) is 24.1 Å². The van der Waals surface area contributed by atoms with E-state index >= 15 is 0 Å². The molecule has 0 aliphatic carbocycles. The maximum Gasteiger partial charge on any atom is 0.198 e. The lowest BCUT2D eigenvalue weighted by Crippen LogP contribution is -1.95. The van der Waals surface area contributed by atoms with Gasteiger partial charge in [0.15, 0.2) is 23.7 Å². The lowest BCUT2D eigenvalue weighted by molar-refractivity contribution is 0.445. The smallest absolute Gasteiger partial charge is 0.198 e. The third-order valence-electron chi connectivity index (χ3n) is 1.56. The van der Waals surface area contributed by atoms with Crippen molar-refractivity contribution in [3.63, 3.8) is 0 Å². The van der Waals surface area contributed by atoms with Gasteiger partial charge in [-0.15, -0.1) is 0 Å². The summed E-state index contributed by atoms with van der Waals surface area (Å²) in [6, 6.07) is 1.74. The Morgan fingerprint density at radius 3 is 2.15 bits per heavy atom. The van der Waals surface area contributed by atoms with Crippen LogP contribution < -0.4 is 0 Å². The van der Waals surface area contributed by atoms with Gasteiger partial charge in [0, 0.05) is 6.42 Å². The Balaban J connectivity index is 2.92. The van der Waals surface area contributed by atoms with Crippen LogP contribution in [-0.2, 0) is 11.2 Å². The quantitative estimate of drug-likeness (QED) is 0.662. The van der Waals surface area contributed by atoms with Crippen LogP contribution in [0.25, 0.3) is 0 Å². The molecule has 1 aromatic carbocycles. The van der Waals surface area contributed by atoms with E-state index in [0.29, 0.717) is 0 Å². The highest BCUT2D eigenvalue weighted by Gasteiger charge is 2.09. The maximum absolute atomic E-state index is 12.6. The number of hydrogen-bond acceptors (Lipinski definition) is 1. The monoisotopic (exact) mass is 187 g/mol. The van der Waals surface area contributed by atoms with E-state index in [2.05, 4.69) is 0 Å². The fraction of sp³-hybridized carbons (Fsp3) is 0.222. The summed E-state index contributed by atoms with van der Waals surface area (Å²) in [6.45, 7) is 0. The van der Waals surface area contributed by atoms with Gasteiger partial charge in [-0.3, -0.25) is 4.79 Å². The van der Waals surface area contributed by atoms with Gasteiger partial charge < -0.3 is 0 Å². The van der Waals surface area contributed by atoms with E-state index in [1.807, 2.05) is 0 Å². The van der Waals surface area contributed by atoms with Gasteiger partial charge in [0.2, 0.25) is 0 Å². The Bertz CT molecular complexity index is 300. The molecule has 0 aliphatic rings. The fourth-order valence-corrected chi connectivity index (χ4v) is 0.948. The first-order valence-corrected chi connectivity index (χ1v) is 3.63. The van der Waals surface area contributed by atoms with Crippen molar-refractivity contribution in [3.05, 3.63) is 35.1 Å². The normalized spacial score (nSPS) is 10.1. The highest BCUT2D eigenvalue weighted by atomic mass is 19.2. The minimum absolute atomic E-state index is 0.0461. The standard InChI is InChI=1S/C9H6F3O/c10-7-4-6(2-1-3-13)5-8(11)9(7)12/h4-5H,1-2H2. The maximum atomic E-state index is 12.6. The first-order chi connectivity index (χ1) is 6.15. The van der Waals surface area contributed by atoms with Gasteiger partial charge >= 0.3 is 0 Å². The molecule has 0 heterocycles. The Morgan fingerprint density at radius 2 is 1.69 bits per heavy atom. The molecule has 1 rings (SSSR count). The number of aryl methyl sites for hydroxylation is 1. The molecule has 69 valence electrons. The molecule has 4 heteroatoms. The van der Waals surface area contributed by atoms with Gasteiger partial charge in [0.25, 0.3) is 0 Å². The van der Waals surface area contributed by atoms with Crippen molar-refractivity contribution in [2.24, 2.45) is 0 Å². The average Bonchev–Trinajstić information content (AvgIpc) is 2.10. The van der Waals surface area contributed by atoms with Crippen LogP contribution >= 0.6 is 0 Å². The zero-order valence-corrected chi connectivity index (χ0v) is 6.61. The molecule has 1 nitrogen and oxygen atoms in total. The predicted octanol–water partition coefficient (Wildman–Crippen LogP) is 2.15. The van der Waals surface area contributed by atoms with Crippen molar-refractivity contribution in [2.75, 3.05) is 0 Å². The Morgan fingerprint density at radius 1 is 1.15 bits per heavy atom. The summed E-state index contributed by atoms with van der Waals surface area (Å²) < 4.78 is 37.5. The van der Waals surface area contributed by atoms with E-state index in [9.17, 15) is 18.0 Å². The van der Waals surface area contributed by atoms with Crippen LogP contribution in [0.5, 0.6) is 0 Å². The Hall–Kier alpha value is -1.32. The molecule has 0 unspecified atom stereocenters. The van der Waals surface area contributed by atoms with Crippen molar-refractivity contribution in [1.82, 2.24) is 0 Å². The van der Waals surface area contributed by atoms with Crippen LogP contribution in [0.1, 0.15) is 12.0 Å². The third kappa shape index (κ3) is 2.31. The van der Waals surface area contributed by atoms with Crippen LogP contribution in [0.15, 0.2) is 12.1 Å². The van der Waals surface area contributed by atoms with E-state index in [1.54, 1.807) is 6.29 Å². The summed E-state index contributed by atoms with van der Waals surface area (Å²) in [5.41, 5.74) is 0.250. The minimum atomic E-state index is -1.49. The van der Waals surface area contributed by atoms with Gasteiger partial charge in [-0.2, -0.15) is 0 Å². The molecule has 0 saturated carbocycles. The molecule has 0 aliphatic heterocycles. The van der Waals surface area contributed by atoms with Gasteiger partial charge in [0.05, 0.1) is 0 Å². The molecule has 0 N–H and O–H groups in total. The number of rotatable bonds is 3. The van der Waals surface area contributed by atoms with Crippen molar-refractivity contribution in [3.8, 4) is 0 Å². The highest BCUT2D eigenvalue weighted by Crippen LogP contribution is 2.14. The summed E-state index contributed by atoms with van der Waals surface area (Å²) >= 11 is 0. The topological polar surface area (TPSA) is 17.1 Å². The lowest BCUT2D eigenvalue weighted by Gasteiger charge is -1.99. The van der Waals surface area contributed by atoms with Crippen molar-refractivity contribution >= 4 is 6.29 Å². The van der Waals surface area contributed by atoms with E-state index in [-0.39, 0.29) is 18.4 Å². The molecule has 0 fully saturated rings. The molecule has 0 spiro atoms. The van der Waals surface area contributed by atoms with Crippen molar-refractivity contribution in [1.29, 1.82) is 0 Å². The zero-order valence-electron chi connectivity index (χ0n) is 6.61. The second-order valence-electron chi connectivity index (χ2n) is 2.52. The van der Waals surface area contributed by atoms with E-state index in [0.717, 1.165) is 12.1 Å². The second-order valence-corrected chi connectivity index (χ2v) is 2.52. The Labute approximate surface area is 73.2 Å². The molecule has 0 saturated heterocycles. The molecule has 0 amide bonds. The SMILES string of the molecule is O=[C]CCc1cc(F)c(F)c(F)c1. The first-order valence-electron chi connectivity index (χ1n) is 3.63. The highest BCUT2D eigenvalue weighted by molar-refractivity contribution is 5.51. The van der Waals surface area contributed by atoms with Gasteiger partial charge in [-0.1, -0.05) is 0 Å². The minimum Gasteiger partial charge on any atom is -0.291 e. The summed E-state index contributed by atoms with van der Waals surface area (Å²) in [6.07, 6.45) is 1.79. The number of hydrogen-bond donors (Lipinski definition) is 0. The summed E-state index contributed by atoms with van der Waals surface area (Å²) in [5.74, 6) is -3.96. The molecule has 0 atom stereocenters. The van der Waals surface area contributed by atoms with Crippen molar-refractivity contribution in [2.45, 2.75) is 12.8 Å². The number of halogens is 3. The molecule has 0 bridgehead atoms. The third-order valence-corrected chi connectivity index (χ3v) is 1.56. The summed E-state index contributed by atoms with van der Waals surface area (Å²) in [7, 11) is 0. The largest absolute Gasteiger partial charge is 0.291 e. The molecular formula is C9H6F3O. The van der Waals surface area contributed by atoms with Crippen LogP contribution in [0, 0.1) is 17.5 Å². The number of carbonyl (C=O) groups excluding carboxylic acids is 1. The van der Waals surface area contributed by atoms with Gasteiger partial charge in [0.1, 0.15) is 0 Å². The second kappa shape index (κ2) is 4.07. The Kier molecular flexibility index (Phi) is 3.06. The van der Waals surface area contributed by atoms with E-state index in [4.69, 9.17) is 0 Å². The van der Waals surface area contributed by atoms with E-state index in [1.165, 1.54) is 0 Å². The van der Waals surface area contributed by atoms with E-state index < -0.39 is 17.5 Å². The molecule has 0 aromatic heterocycles. The lowest BCUT2D eigenvalue weighted by atomic mass is 10.1. The average molecular weight is 187 g/mol. The van der Waals surface area contributed by atoms with Crippen LogP contribution in [0.2, 0.25) is 0 Å². The van der Waals surface area contributed by atoms with Crippen molar-refractivity contribution < 1.29 is 18.0 Å². The van der Waals surface area contributed by atoms with Gasteiger partial charge in [-0.25, -0.2) is 13.2 Å². The zero-order chi connectivity index (χ0) is 9.84. The van der Waals surface area contributed by atoms with Crippen LogP contribution in [0.3, 0.4) is 0 Å². The number of benzene rings is 1. The fourth-order valence-electron chi connectivity index (χ4n) is 0.948. The molecular weight excluding hydrogens is 181 g/mol. The van der Waals surface area contributed by atoms with Crippen LogP contribution in [-0.4, -0.2) is 6.29 Å². The molecule has 1 aromatic rings. The molecule has 13 heavy (non-hydrogen) atoms. The summed E-state index contributed by atoms with van der Waals surface area (Å²) in [4.78, 5) is 9.83. The predicted molar refractivity (Wildman–Crippen MR) is 40.3 cm³/mol. The van der Waals surface area contributed by atoms with Crippen LogP contribution in [0.4, 0.5) is 13.2 Å². The summed E-state index contributed by atoms with van der Waals surface area (Å²) in [5, 5.41) is 0. The first kappa shape index (κ1) is 9.77. The molecule has 1 radical (unpaired) electrons.